The predicted molar refractivity (Wildman–Crippen MR) is 80.4 cm³/mol. The van der Waals surface area contributed by atoms with Gasteiger partial charge < -0.3 is 9.84 Å². The summed E-state index contributed by atoms with van der Waals surface area (Å²) >= 11 is 1.50. The van der Waals surface area contributed by atoms with Crippen molar-refractivity contribution in [2.45, 2.75) is 24.3 Å². The first kappa shape index (κ1) is 15.5. The summed E-state index contributed by atoms with van der Waals surface area (Å²) in [6.45, 7) is 1.99. The van der Waals surface area contributed by atoms with Crippen LogP contribution in [0.4, 0.5) is 5.69 Å². The summed E-state index contributed by atoms with van der Waals surface area (Å²) < 4.78 is 5.18. The summed E-state index contributed by atoms with van der Waals surface area (Å²) in [5.41, 5.74) is 0.312. The molecule has 112 valence electrons. The van der Waals surface area contributed by atoms with Crippen LogP contribution in [-0.2, 0) is 6.42 Å². The van der Waals surface area contributed by atoms with Crippen molar-refractivity contribution in [3.63, 3.8) is 0 Å². The number of aromatic nitrogens is 2. The molecule has 1 unspecified atom stereocenters. The molecule has 1 aromatic carbocycles. The molecule has 8 heteroatoms. The maximum Gasteiger partial charge on any atom is 0.282 e. The van der Waals surface area contributed by atoms with Crippen molar-refractivity contribution in [1.29, 1.82) is 0 Å². The molecular formula is C13H16N4O3S. The van der Waals surface area contributed by atoms with E-state index >= 15 is 0 Å². The van der Waals surface area contributed by atoms with Gasteiger partial charge in [0, 0.05) is 23.4 Å². The van der Waals surface area contributed by atoms with Crippen molar-refractivity contribution in [3.05, 3.63) is 34.1 Å². The first-order chi connectivity index (χ1) is 10.0. The molecule has 2 rings (SSSR count). The normalized spacial score (nSPS) is 12.3. The topological polar surface area (TPSA) is 94.1 Å². The standard InChI is InChI=1S/C13H16N4O3S/c1-8(14-2)6-12-15-13(20-16-12)10-7-9(21-3)4-5-11(10)17(18)19/h4-5,7-8,14H,6H2,1-3H3. The molecule has 0 saturated heterocycles. The van der Waals surface area contributed by atoms with Gasteiger partial charge in [0.2, 0.25) is 0 Å². The molecule has 0 radical (unpaired) electrons. The van der Waals surface area contributed by atoms with Gasteiger partial charge >= 0.3 is 0 Å². The number of hydrogen-bond donors (Lipinski definition) is 1. The van der Waals surface area contributed by atoms with Crippen molar-refractivity contribution < 1.29 is 9.45 Å². The fraction of sp³-hybridized carbons (Fsp3) is 0.385. The van der Waals surface area contributed by atoms with Gasteiger partial charge in [0.25, 0.3) is 11.6 Å². The van der Waals surface area contributed by atoms with Crippen molar-refractivity contribution >= 4 is 17.4 Å². The molecule has 1 atom stereocenters. The molecule has 0 aliphatic carbocycles. The SMILES string of the molecule is CNC(C)Cc1noc(-c2cc(SC)ccc2[N+](=O)[O-])n1. The zero-order valence-corrected chi connectivity index (χ0v) is 12.8. The van der Waals surface area contributed by atoms with Crippen LogP contribution in [0.5, 0.6) is 0 Å². The molecule has 0 spiro atoms. The maximum absolute atomic E-state index is 11.1. The van der Waals surface area contributed by atoms with E-state index in [4.69, 9.17) is 4.52 Å². The third-order valence-corrected chi connectivity index (χ3v) is 3.81. The summed E-state index contributed by atoms with van der Waals surface area (Å²) in [6.07, 6.45) is 2.49. The van der Waals surface area contributed by atoms with E-state index in [-0.39, 0.29) is 17.6 Å². The molecule has 7 nitrogen and oxygen atoms in total. The first-order valence-electron chi connectivity index (χ1n) is 6.37. The van der Waals surface area contributed by atoms with Gasteiger partial charge in [0.05, 0.1) is 4.92 Å². The summed E-state index contributed by atoms with van der Waals surface area (Å²) in [5, 5.41) is 18.1. The number of hydrogen-bond acceptors (Lipinski definition) is 7. The number of benzene rings is 1. The van der Waals surface area contributed by atoms with Crippen LogP contribution in [-0.4, -0.2) is 34.4 Å². The Balaban J connectivity index is 2.38. The van der Waals surface area contributed by atoms with Crippen LogP contribution in [0.1, 0.15) is 12.7 Å². The van der Waals surface area contributed by atoms with Gasteiger partial charge in [-0.3, -0.25) is 10.1 Å². The second kappa shape index (κ2) is 6.68. The highest BCUT2D eigenvalue weighted by Gasteiger charge is 2.21. The number of nitro groups is 1. The zero-order chi connectivity index (χ0) is 15.4. The van der Waals surface area contributed by atoms with E-state index in [2.05, 4.69) is 15.5 Å². The maximum atomic E-state index is 11.1. The Morgan fingerprint density at radius 1 is 1.52 bits per heavy atom. The molecule has 0 aliphatic rings. The number of nitrogens with one attached hydrogen (secondary N) is 1. The largest absolute Gasteiger partial charge is 0.334 e. The van der Waals surface area contributed by atoms with Crippen LogP contribution >= 0.6 is 11.8 Å². The Labute approximate surface area is 126 Å². The average Bonchev–Trinajstić information content (AvgIpc) is 2.94. The summed E-state index contributed by atoms with van der Waals surface area (Å²) in [5.74, 6) is 0.701. The Hall–Kier alpha value is -1.93. The fourth-order valence-corrected chi connectivity index (χ4v) is 2.23. The van der Waals surface area contributed by atoms with Crippen molar-refractivity contribution in [3.8, 4) is 11.5 Å². The number of likely N-dealkylation sites (N-methyl/N-ethyl adjacent to an activating group) is 1. The fourth-order valence-electron chi connectivity index (χ4n) is 1.79. The quantitative estimate of drug-likeness (QED) is 0.497. The van der Waals surface area contributed by atoms with Gasteiger partial charge in [-0.15, -0.1) is 11.8 Å². The summed E-state index contributed by atoms with van der Waals surface area (Å²) in [6, 6.07) is 5.05. The van der Waals surface area contributed by atoms with Gasteiger partial charge in [-0.1, -0.05) is 5.16 Å². The second-order valence-corrected chi connectivity index (χ2v) is 5.43. The van der Waals surface area contributed by atoms with Gasteiger partial charge in [0.15, 0.2) is 5.82 Å². The highest BCUT2D eigenvalue weighted by Crippen LogP contribution is 2.32. The van der Waals surface area contributed by atoms with Crippen molar-refractivity contribution in [2.75, 3.05) is 13.3 Å². The molecule has 0 amide bonds. The van der Waals surface area contributed by atoms with Crippen LogP contribution in [0.2, 0.25) is 0 Å². The van der Waals surface area contributed by atoms with E-state index in [1.807, 2.05) is 20.2 Å². The number of nitro benzene ring substituents is 1. The van der Waals surface area contributed by atoms with E-state index in [9.17, 15) is 10.1 Å². The summed E-state index contributed by atoms with van der Waals surface area (Å²) in [4.78, 5) is 15.8. The zero-order valence-electron chi connectivity index (χ0n) is 12.0. The van der Waals surface area contributed by atoms with Crippen molar-refractivity contribution in [2.24, 2.45) is 0 Å². The monoisotopic (exact) mass is 308 g/mol. The van der Waals surface area contributed by atoms with Crippen LogP contribution in [0.3, 0.4) is 0 Å². The van der Waals surface area contributed by atoms with E-state index in [0.717, 1.165) is 4.90 Å². The lowest BCUT2D eigenvalue weighted by Crippen LogP contribution is -2.24. The second-order valence-electron chi connectivity index (χ2n) is 4.55. The number of rotatable bonds is 6. The molecule has 0 aliphatic heterocycles. The minimum Gasteiger partial charge on any atom is -0.334 e. The van der Waals surface area contributed by atoms with Gasteiger partial charge in [-0.25, -0.2) is 0 Å². The Morgan fingerprint density at radius 3 is 2.90 bits per heavy atom. The van der Waals surface area contributed by atoms with E-state index in [1.54, 1.807) is 12.1 Å². The molecular weight excluding hydrogens is 292 g/mol. The lowest BCUT2D eigenvalue weighted by Gasteiger charge is -2.04. The van der Waals surface area contributed by atoms with Crippen LogP contribution in [0, 0.1) is 10.1 Å². The third-order valence-electron chi connectivity index (χ3n) is 3.08. The molecule has 21 heavy (non-hydrogen) atoms. The average molecular weight is 308 g/mol. The lowest BCUT2D eigenvalue weighted by atomic mass is 10.2. The molecule has 0 fully saturated rings. The van der Waals surface area contributed by atoms with Gasteiger partial charge in [0.1, 0.15) is 5.56 Å². The minimum absolute atomic E-state index is 0.0373. The third kappa shape index (κ3) is 3.59. The van der Waals surface area contributed by atoms with Gasteiger partial charge in [-0.05, 0) is 32.4 Å². The predicted octanol–water partition coefficient (Wildman–Crippen LogP) is 2.52. The van der Waals surface area contributed by atoms with E-state index < -0.39 is 4.92 Å². The van der Waals surface area contributed by atoms with E-state index in [1.165, 1.54) is 17.8 Å². The Morgan fingerprint density at radius 2 is 2.29 bits per heavy atom. The van der Waals surface area contributed by atoms with Crippen molar-refractivity contribution in [1.82, 2.24) is 15.5 Å². The lowest BCUT2D eigenvalue weighted by molar-refractivity contribution is -0.384. The smallest absolute Gasteiger partial charge is 0.282 e. The molecule has 0 saturated carbocycles. The Bertz CT molecular complexity index is 644. The Kier molecular flexibility index (Phi) is 4.92. The highest BCUT2D eigenvalue weighted by atomic mass is 32.2. The highest BCUT2D eigenvalue weighted by molar-refractivity contribution is 7.98. The molecule has 1 aromatic heterocycles. The molecule has 1 heterocycles. The van der Waals surface area contributed by atoms with Crippen LogP contribution < -0.4 is 5.32 Å². The van der Waals surface area contributed by atoms with Crippen LogP contribution in [0.15, 0.2) is 27.6 Å². The minimum atomic E-state index is -0.445. The number of nitrogens with zero attached hydrogens (tertiary/aromatic N) is 3. The van der Waals surface area contributed by atoms with E-state index in [0.29, 0.717) is 17.8 Å². The summed E-state index contributed by atoms with van der Waals surface area (Å²) in [7, 11) is 1.85. The first-order valence-corrected chi connectivity index (χ1v) is 7.60. The van der Waals surface area contributed by atoms with Gasteiger partial charge in [-0.2, -0.15) is 4.98 Å². The molecule has 1 N–H and O–H groups in total. The molecule has 2 aromatic rings. The molecule has 0 bridgehead atoms. The van der Waals surface area contributed by atoms with Crippen LogP contribution in [0.25, 0.3) is 11.5 Å². The number of thioether (sulfide) groups is 1.